The Hall–Kier alpha value is -3.65. The van der Waals surface area contributed by atoms with E-state index >= 15 is 0 Å². The first-order valence-electron chi connectivity index (χ1n) is 10.4. The largest absolute Gasteiger partial charge is 0.497 e. The summed E-state index contributed by atoms with van der Waals surface area (Å²) in [7, 11) is 3.15. The first-order valence-corrected chi connectivity index (χ1v) is 11.3. The summed E-state index contributed by atoms with van der Waals surface area (Å²) in [5, 5.41) is 0. The Kier molecular flexibility index (Phi) is 6.46. The Morgan fingerprint density at radius 1 is 1.15 bits per heavy atom. The molecule has 0 spiro atoms. The van der Waals surface area contributed by atoms with E-state index < -0.39 is 12.0 Å². The Morgan fingerprint density at radius 3 is 2.58 bits per heavy atom. The molecule has 2 aromatic carbocycles. The van der Waals surface area contributed by atoms with Gasteiger partial charge in [-0.25, -0.2) is 9.79 Å². The minimum absolute atomic E-state index is 0.235. The molecule has 0 bridgehead atoms. The summed E-state index contributed by atoms with van der Waals surface area (Å²) >= 11 is 1.27. The maximum Gasteiger partial charge on any atom is 0.338 e. The van der Waals surface area contributed by atoms with Gasteiger partial charge in [-0.3, -0.25) is 9.36 Å². The third-order valence-electron chi connectivity index (χ3n) is 5.36. The number of carbonyl (C=O) groups is 1. The number of esters is 1. The Balaban J connectivity index is 1.94. The van der Waals surface area contributed by atoms with Crippen molar-refractivity contribution in [3.05, 3.63) is 90.6 Å². The van der Waals surface area contributed by atoms with Gasteiger partial charge in [-0.2, -0.15) is 0 Å². The smallest absolute Gasteiger partial charge is 0.338 e. The van der Waals surface area contributed by atoms with Gasteiger partial charge in [0.05, 0.1) is 42.7 Å². The summed E-state index contributed by atoms with van der Waals surface area (Å²) in [4.78, 5) is 31.6. The van der Waals surface area contributed by atoms with Crippen LogP contribution in [0.3, 0.4) is 0 Å². The third-order valence-corrected chi connectivity index (χ3v) is 6.34. The van der Waals surface area contributed by atoms with Crippen LogP contribution in [-0.2, 0) is 9.53 Å². The summed E-state index contributed by atoms with van der Waals surface area (Å²) in [6, 6.07) is 14.2. The van der Waals surface area contributed by atoms with Gasteiger partial charge >= 0.3 is 5.97 Å². The lowest BCUT2D eigenvalue weighted by Gasteiger charge is -2.24. The summed E-state index contributed by atoms with van der Waals surface area (Å²) in [5.41, 5.74) is 2.21. The highest BCUT2D eigenvalue weighted by atomic mass is 32.1. The highest BCUT2D eigenvalue weighted by molar-refractivity contribution is 7.07. The van der Waals surface area contributed by atoms with Crippen molar-refractivity contribution in [2.75, 3.05) is 20.8 Å². The molecule has 170 valence electrons. The number of ether oxygens (including phenoxy) is 3. The lowest BCUT2D eigenvalue weighted by Crippen LogP contribution is -2.39. The van der Waals surface area contributed by atoms with Crippen LogP contribution in [0.25, 0.3) is 6.08 Å². The lowest BCUT2D eigenvalue weighted by atomic mass is 9.96. The molecule has 0 radical (unpaired) electrons. The quantitative estimate of drug-likeness (QED) is 0.524. The number of nitrogens with zero attached hydrogens (tertiary/aromatic N) is 2. The molecule has 4 rings (SSSR count). The van der Waals surface area contributed by atoms with Crippen molar-refractivity contribution in [3.63, 3.8) is 0 Å². The maximum atomic E-state index is 13.6. The Bertz CT molecular complexity index is 1400. The van der Waals surface area contributed by atoms with E-state index in [2.05, 4.69) is 4.99 Å². The first-order chi connectivity index (χ1) is 16.0. The van der Waals surface area contributed by atoms with Crippen molar-refractivity contribution >= 4 is 23.4 Å². The molecule has 0 unspecified atom stereocenters. The molecule has 0 fully saturated rings. The fraction of sp³-hybridized carbons (Fsp3) is 0.240. The van der Waals surface area contributed by atoms with Crippen molar-refractivity contribution in [3.8, 4) is 11.5 Å². The molecule has 8 heteroatoms. The SMILES string of the molecule is CCOC(=O)C1=C(C)N=c2sc(=Cc3ccc(OC)cc3OC)c(=O)n2[C@H]1c1ccccc1. The summed E-state index contributed by atoms with van der Waals surface area (Å²) < 4.78 is 18.1. The van der Waals surface area contributed by atoms with E-state index in [4.69, 9.17) is 14.2 Å². The van der Waals surface area contributed by atoms with Crippen molar-refractivity contribution in [1.82, 2.24) is 4.57 Å². The van der Waals surface area contributed by atoms with Gasteiger partial charge in [0.2, 0.25) is 0 Å². The summed E-state index contributed by atoms with van der Waals surface area (Å²) in [5.74, 6) is 0.770. The van der Waals surface area contributed by atoms with E-state index in [0.29, 0.717) is 32.1 Å². The monoisotopic (exact) mass is 464 g/mol. The van der Waals surface area contributed by atoms with E-state index in [0.717, 1.165) is 11.1 Å². The fourth-order valence-corrected chi connectivity index (χ4v) is 4.86. The average Bonchev–Trinajstić information content (AvgIpc) is 3.13. The van der Waals surface area contributed by atoms with Crippen molar-refractivity contribution in [2.45, 2.75) is 19.9 Å². The van der Waals surface area contributed by atoms with Crippen LogP contribution in [0.2, 0.25) is 0 Å². The van der Waals surface area contributed by atoms with Crippen molar-refractivity contribution < 1.29 is 19.0 Å². The van der Waals surface area contributed by atoms with Crippen LogP contribution in [0.15, 0.2) is 69.6 Å². The van der Waals surface area contributed by atoms with Crippen LogP contribution in [0.5, 0.6) is 11.5 Å². The zero-order valence-corrected chi connectivity index (χ0v) is 19.6. The predicted molar refractivity (Wildman–Crippen MR) is 126 cm³/mol. The van der Waals surface area contributed by atoms with Crippen LogP contribution in [0.1, 0.15) is 31.0 Å². The maximum absolute atomic E-state index is 13.6. The van der Waals surface area contributed by atoms with E-state index in [1.807, 2.05) is 36.4 Å². The van der Waals surface area contributed by atoms with Crippen LogP contribution in [0.4, 0.5) is 0 Å². The molecule has 1 atom stereocenters. The number of rotatable bonds is 6. The second-order valence-electron chi connectivity index (χ2n) is 7.32. The van der Waals surface area contributed by atoms with Gasteiger partial charge in [0.1, 0.15) is 11.5 Å². The number of allylic oxidation sites excluding steroid dienone is 1. The second kappa shape index (κ2) is 9.46. The van der Waals surface area contributed by atoms with E-state index in [1.165, 1.54) is 11.3 Å². The zero-order chi connectivity index (χ0) is 23.5. The molecule has 0 saturated heterocycles. The van der Waals surface area contributed by atoms with Gasteiger partial charge in [0.25, 0.3) is 5.56 Å². The molecule has 33 heavy (non-hydrogen) atoms. The molecule has 7 nitrogen and oxygen atoms in total. The normalized spacial score (nSPS) is 15.6. The lowest BCUT2D eigenvalue weighted by molar-refractivity contribution is -0.139. The van der Waals surface area contributed by atoms with Gasteiger partial charge in [-0.1, -0.05) is 41.7 Å². The standard InChI is InChI=1S/C25H24N2O5S/c1-5-32-24(29)21-15(2)26-25-27(22(21)16-9-7-6-8-10-16)23(28)20(33-25)13-17-11-12-18(30-3)14-19(17)31-4/h6-14,22H,5H2,1-4H3/t22-/m0/s1. The van der Waals surface area contributed by atoms with Gasteiger partial charge < -0.3 is 14.2 Å². The number of hydrogen-bond acceptors (Lipinski definition) is 7. The fourth-order valence-electron chi connectivity index (χ4n) is 3.82. The Labute approximate surface area is 194 Å². The molecule has 0 amide bonds. The van der Waals surface area contributed by atoms with Crippen molar-refractivity contribution in [2.24, 2.45) is 4.99 Å². The van der Waals surface area contributed by atoms with Gasteiger partial charge in [-0.05, 0) is 37.6 Å². The third kappa shape index (κ3) is 4.21. The molecule has 0 N–H and O–H groups in total. The number of carbonyl (C=O) groups excluding carboxylic acids is 1. The zero-order valence-electron chi connectivity index (χ0n) is 18.8. The highest BCUT2D eigenvalue weighted by Crippen LogP contribution is 2.30. The van der Waals surface area contributed by atoms with Gasteiger partial charge in [0.15, 0.2) is 4.80 Å². The minimum atomic E-state index is -0.624. The molecule has 1 aliphatic heterocycles. The molecular formula is C25H24N2O5S. The van der Waals surface area contributed by atoms with Crippen LogP contribution >= 0.6 is 11.3 Å². The van der Waals surface area contributed by atoms with E-state index in [-0.39, 0.29) is 12.2 Å². The molecular weight excluding hydrogens is 440 g/mol. The van der Waals surface area contributed by atoms with Gasteiger partial charge in [0, 0.05) is 11.6 Å². The van der Waals surface area contributed by atoms with Gasteiger partial charge in [-0.15, -0.1) is 0 Å². The second-order valence-corrected chi connectivity index (χ2v) is 8.33. The number of fused-ring (bicyclic) bond motifs is 1. The predicted octanol–water partition coefficient (Wildman–Crippen LogP) is 2.82. The minimum Gasteiger partial charge on any atom is -0.497 e. The van der Waals surface area contributed by atoms with E-state index in [1.54, 1.807) is 50.8 Å². The van der Waals surface area contributed by atoms with Crippen LogP contribution < -0.4 is 24.4 Å². The number of thiazole rings is 1. The highest BCUT2D eigenvalue weighted by Gasteiger charge is 2.33. The molecule has 0 aliphatic carbocycles. The average molecular weight is 465 g/mol. The summed E-state index contributed by atoms with van der Waals surface area (Å²) in [6.07, 6.45) is 1.77. The number of hydrogen-bond donors (Lipinski definition) is 0. The molecule has 1 aliphatic rings. The molecule has 2 heterocycles. The topological polar surface area (TPSA) is 79.1 Å². The van der Waals surface area contributed by atoms with Crippen molar-refractivity contribution in [1.29, 1.82) is 0 Å². The Morgan fingerprint density at radius 2 is 1.91 bits per heavy atom. The molecule has 1 aromatic heterocycles. The van der Waals surface area contributed by atoms with Crippen LogP contribution in [0, 0.1) is 0 Å². The summed E-state index contributed by atoms with van der Waals surface area (Å²) in [6.45, 7) is 3.76. The number of benzene rings is 2. The number of methoxy groups -OCH3 is 2. The van der Waals surface area contributed by atoms with Crippen LogP contribution in [-0.4, -0.2) is 31.4 Å². The first kappa shape index (κ1) is 22.5. The van der Waals surface area contributed by atoms with E-state index in [9.17, 15) is 9.59 Å². The molecule has 0 saturated carbocycles. The number of aromatic nitrogens is 1. The molecule has 3 aromatic rings.